The van der Waals surface area contributed by atoms with Gasteiger partial charge in [0.2, 0.25) is 5.91 Å². The van der Waals surface area contributed by atoms with Crippen molar-refractivity contribution in [2.45, 2.75) is 38.3 Å². The van der Waals surface area contributed by atoms with Crippen molar-refractivity contribution in [2.24, 2.45) is 0 Å². The van der Waals surface area contributed by atoms with Crippen molar-refractivity contribution in [3.05, 3.63) is 35.9 Å². The molecule has 0 radical (unpaired) electrons. The Labute approximate surface area is 140 Å². The van der Waals surface area contributed by atoms with Gasteiger partial charge in [-0.3, -0.25) is 10.1 Å². The Morgan fingerprint density at radius 2 is 1.91 bits per heavy atom. The van der Waals surface area contributed by atoms with E-state index in [1.54, 1.807) is 0 Å². The normalized spacial score (nSPS) is 11.3. The van der Waals surface area contributed by atoms with E-state index in [0.29, 0.717) is 0 Å². The van der Waals surface area contributed by atoms with Gasteiger partial charge in [0.25, 0.3) is 0 Å². The number of aryl methyl sites for hydroxylation is 1. The Bertz CT molecular complexity index is 738. The molecule has 6 heteroatoms. The Morgan fingerprint density at radius 3 is 2.61 bits per heavy atom. The first-order valence-electron chi connectivity index (χ1n) is 7.36. The maximum atomic E-state index is 11.8. The number of nitrogens with zero attached hydrogens (tertiary/aromatic N) is 1. The van der Waals surface area contributed by atoms with Crippen molar-refractivity contribution < 1.29 is 9.59 Å². The van der Waals surface area contributed by atoms with Crippen molar-refractivity contribution in [1.82, 2.24) is 15.6 Å². The summed E-state index contributed by atoms with van der Waals surface area (Å²) in [5, 5.41) is 6.88. The van der Waals surface area contributed by atoms with E-state index in [2.05, 4.69) is 15.6 Å². The number of rotatable bonds is 3. The Balaban J connectivity index is 1.96. The Hall–Kier alpha value is -2.08. The molecular weight excluding hydrogens is 310 g/mol. The van der Waals surface area contributed by atoms with Gasteiger partial charge in [0.05, 0.1) is 16.3 Å². The SMILES string of the molecule is Cc1cc(SCC(=O)NC(=O)NC(C)(C)C)nc2ccccc12. The number of carbonyl (C=O) groups is 2. The smallest absolute Gasteiger partial charge is 0.321 e. The van der Waals surface area contributed by atoms with Crippen LogP contribution in [0.2, 0.25) is 0 Å². The van der Waals surface area contributed by atoms with E-state index in [1.165, 1.54) is 11.8 Å². The first-order valence-corrected chi connectivity index (χ1v) is 8.34. The molecule has 0 fully saturated rings. The van der Waals surface area contributed by atoms with Gasteiger partial charge in [-0.2, -0.15) is 0 Å². The lowest BCUT2D eigenvalue weighted by Gasteiger charge is -2.20. The minimum atomic E-state index is -0.481. The number of urea groups is 1. The average Bonchev–Trinajstić information content (AvgIpc) is 2.43. The molecule has 23 heavy (non-hydrogen) atoms. The van der Waals surface area contributed by atoms with Crippen LogP contribution in [0.1, 0.15) is 26.3 Å². The number of nitrogens with one attached hydrogen (secondary N) is 2. The van der Waals surface area contributed by atoms with Gasteiger partial charge in [0.15, 0.2) is 0 Å². The first-order chi connectivity index (χ1) is 10.7. The lowest BCUT2D eigenvalue weighted by atomic mass is 10.1. The number of hydrogen-bond donors (Lipinski definition) is 2. The largest absolute Gasteiger partial charge is 0.333 e. The number of benzene rings is 1. The molecule has 0 aliphatic heterocycles. The second kappa shape index (κ2) is 7.00. The van der Waals surface area contributed by atoms with Crippen molar-refractivity contribution >= 4 is 34.6 Å². The number of pyridine rings is 1. The highest BCUT2D eigenvalue weighted by Gasteiger charge is 2.16. The topological polar surface area (TPSA) is 71.1 Å². The van der Waals surface area contributed by atoms with E-state index in [-0.39, 0.29) is 17.2 Å². The molecule has 122 valence electrons. The summed E-state index contributed by atoms with van der Waals surface area (Å²) < 4.78 is 0. The van der Waals surface area contributed by atoms with Gasteiger partial charge in [0, 0.05) is 10.9 Å². The number of aromatic nitrogens is 1. The zero-order valence-corrected chi connectivity index (χ0v) is 14.6. The number of fused-ring (bicyclic) bond motifs is 1. The third-order valence-corrected chi connectivity index (χ3v) is 3.90. The molecule has 0 saturated carbocycles. The van der Waals surface area contributed by atoms with E-state index < -0.39 is 6.03 Å². The summed E-state index contributed by atoms with van der Waals surface area (Å²) in [4.78, 5) is 28.0. The van der Waals surface area contributed by atoms with Crippen molar-refractivity contribution in [3.63, 3.8) is 0 Å². The molecule has 0 saturated heterocycles. The summed E-state index contributed by atoms with van der Waals surface area (Å²) >= 11 is 1.31. The molecule has 1 aromatic heterocycles. The Kier molecular flexibility index (Phi) is 5.26. The summed E-state index contributed by atoms with van der Waals surface area (Å²) in [6, 6.07) is 9.36. The molecule has 2 N–H and O–H groups in total. The highest BCUT2D eigenvalue weighted by atomic mass is 32.2. The van der Waals surface area contributed by atoms with Crippen LogP contribution in [0, 0.1) is 6.92 Å². The molecule has 1 aromatic carbocycles. The molecule has 0 aliphatic rings. The number of imide groups is 1. The number of carbonyl (C=O) groups excluding carboxylic acids is 2. The minimum absolute atomic E-state index is 0.141. The predicted octanol–water partition coefficient (Wildman–Crippen LogP) is 3.26. The first kappa shape index (κ1) is 17.3. The maximum Gasteiger partial charge on any atom is 0.321 e. The maximum absolute atomic E-state index is 11.8. The van der Waals surface area contributed by atoms with Crippen LogP contribution in [0.3, 0.4) is 0 Å². The number of hydrogen-bond acceptors (Lipinski definition) is 4. The average molecular weight is 331 g/mol. The minimum Gasteiger partial charge on any atom is -0.333 e. The summed E-state index contributed by atoms with van der Waals surface area (Å²) in [5.74, 6) is -0.202. The van der Waals surface area contributed by atoms with E-state index in [1.807, 2.05) is 58.0 Å². The molecule has 0 aliphatic carbocycles. The second-order valence-electron chi connectivity index (χ2n) is 6.34. The van der Waals surface area contributed by atoms with E-state index >= 15 is 0 Å². The van der Waals surface area contributed by atoms with Crippen molar-refractivity contribution in [1.29, 1.82) is 0 Å². The molecule has 2 aromatic rings. The van der Waals surface area contributed by atoms with Crippen LogP contribution in [0.5, 0.6) is 0 Å². The third kappa shape index (κ3) is 5.25. The fraction of sp³-hybridized carbons (Fsp3) is 0.353. The van der Waals surface area contributed by atoms with Crippen LogP contribution >= 0.6 is 11.8 Å². The molecule has 0 atom stereocenters. The van der Waals surface area contributed by atoms with Crippen LogP contribution in [-0.4, -0.2) is 28.2 Å². The predicted molar refractivity (Wildman–Crippen MR) is 93.6 cm³/mol. The van der Waals surface area contributed by atoms with Crippen LogP contribution in [0.15, 0.2) is 35.4 Å². The summed E-state index contributed by atoms with van der Waals surface area (Å²) in [5.41, 5.74) is 1.64. The molecule has 5 nitrogen and oxygen atoms in total. The molecular formula is C17H21N3O2S. The van der Waals surface area contributed by atoms with Gasteiger partial charge < -0.3 is 5.32 Å². The Morgan fingerprint density at radius 1 is 1.22 bits per heavy atom. The van der Waals surface area contributed by atoms with Gasteiger partial charge in [-0.15, -0.1) is 0 Å². The highest BCUT2D eigenvalue weighted by molar-refractivity contribution is 7.99. The molecule has 1 heterocycles. The van der Waals surface area contributed by atoms with Crippen LogP contribution in [0.4, 0.5) is 4.79 Å². The molecule has 0 unspecified atom stereocenters. The van der Waals surface area contributed by atoms with Crippen LogP contribution in [0.25, 0.3) is 10.9 Å². The van der Waals surface area contributed by atoms with Crippen LogP contribution in [-0.2, 0) is 4.79 Å². The van der Waals surface area contributed by atoms with Gasteiger partial charge in [0.1, 0.15) is 0 Å². The van der Waals surface area contributed by atoms with E-state index in [4.69, 9.17) is 0 Å². The summed E-state index contributed by atoms with van der Waals surface area (Å²) in [6.45, 7) is 7.58. The quantitative estimate of drug-likeness (QED) is 0.847. The molecule has 2 rings (SSSR count). The van der Waals surface area contributed by atoms with E-state index in [0.717, 1.165) is 21.5 Å². The number of thioether (sulfide) groups is 1. The number of para-hydroxylation sites is 1. The van der Waals surface area contributed by atoms with Gasteiger partial charge in [-0.1, -0.05) is 30.0 Å². The van der Waals surface area contributed by atoms with Crippen molar-refractivity contribution in [2.75, 3.05) is 5.75 Å². The molecule has 0 spiro atoms. The summed E-state index contributed by atoms with van der Waals surface area (Å²) in [7, 11) is 0. The zero-order valence-electron chi connectivity index (χ0n) is 13.8. The van der Waals surface area contributed by atoms with Gasteiger partial charge in [-0.05, 0) is 45.4 Å². The lowest BCUT2D eigenvalue weighted by molar-refractivity contribution is -0.117. The van der Waals surface area contributed by atoms with E-state index in [9.17, 15) is 9.59 Å². The standard InChI is InChI=1S/C17H21N3O2S/c1-11-9-15(18-13-8-6-5-7-12(11)13)23-10-14(21)19-16(22)20-17(2,3)4/h5-9H,10H2,1-4H3,(H2,19,20,21,22). The highest BCUT2D eigenvalue weighted by Crippen LogP contribution is 2.23. The van der Waals surface area contributed by atoms with Crippen molar-refractivity contribution in [3.8, 4) is 0 Å². The monoisotopic (exact) mass is 331 g/mol. The van der Waals surface area contributed by atoms with Gasteiger partial charge in [-0.25, -0.2) is 9.78 Å². The molecule has 3 amide bonds. The summed E-state index contributed by atoms with van der Waals surface area (Å²) in [6.07, 6.45) is 0. The van der Waals surface area contributed by atoms with Crippen LogP contribution < -0.4 is 10.6 Å². The fourth-order valence-electron chi connectivity index (χ4n) is 2.07. The second-order valence-corrected chi connectivity index (χ2v) is 7.33. The van der Waals surface area contributed by atoms with Gasteiger partial charge >= 0.3 is 6.03 Å². The number of amides is 3. The molecule has 0 bridgehead atoms. The lowest BCUT2D eigenvalue weighted by Crippen LogP contribution is -2.48. The third-order valence-electron chi connectivity index (χ3n) is 2.99. The fourth-order valence-corrected chi connectivity index (χ4v) is 2.84. The zero-order chi connectivity index (χ0) is 17.0.